The fourth-order valence-corrected chi connectivity index (χ4v) is 4.15. The van der Waals surface area contributed by atoms with Gasteiger partial charge >= 0.3 is 11.9 Å². The maximum Gasteiger partial charge on any atom is 0.338 e. The van der Waals surface area contributed by atoms with E-state index in [1.54, 1.807) is 24.3 Å². The predicted molar refractivity (Wildman–Crippen MR) is 143 cm³/mol. The van der Waals surface area contributed by atoms with Crippen molar-refractivity contribution < 1.29 is 33.4 Å². The number of esters is 2. The molecule has 1 heterocycles. The molecule has 0 spiro atoms. The van der Waals surface area contributed by atoms with Crippen LogP contribution in [0.3, 0.4) is 0 Å². The molecule has 0 unspecified atom stereocenters. The van der Waals surface area contributed by atoms with Gasteiger partial charge in [0, 0.05) is 10.0 Å². The van der Waals surface area contributed by atoms with Crippen molar-refractivity contribution in [3.05, 3.63) is 99.0 Å². The van der Waals surface area contributed by atoms with Crippen molar-refractivity contribution in [1.82, 2.24) is 0 Å². The van der Waals surface area contributed by atoms with E-state index in [-0.39, 0.29) is 28.2 Å². The average Bonchev–Trinajstić information content (AvgIpc) is 3.18. The molecule has 0 atom stereocenters. The van der Waals surface area contributed by atoms with Gasteiger partial charge in [-0.2, -0.15) is 0 Å². The minimum atomic E-state index is -0.793. The highest BCUT2D eigenvalue weighted by molar-refractivity contribution is 9.10. The summed E-state index contributed by atoms with van der Waals surface area (Å²) in [6.07, 6.45) is 2.77. The molecular weight excluding hydrogens is 554 g/mol. The van der Waals surface area contributed by atoms with Gasteiger partial charge in [-0.3, -0.25) is 14.4 Å². The summed E-state index contributed by atoms with van der Waals surface area (Å²) in [6.45, 7) is 1.92. The number of rotatable bonds is 10. The Labute approximate surface area is 227 Å². The monoisotopic (exact) mass is 577 g/mol. The molecule has 0 aliphatic carbocycles. The van der Waals surface area contributed by atoms with Gasteiger partial charge in [0.15, 0.2) is 12.4 Å². The summed E-state index contributed by atoms with van der Waals surface area (Å²) >= 11 is 3.29. The fraction of sp³-hybridized carbons (Fsp3) is 0.207. The molecule has 1 aliphatic rings. The van der Waals surface area contributed by atoms with Gasteiger partial charge in [0.1, 0.15) is 0 Å². The largest absolute Gasteiger partial charge is 0.462 e. The van der Waals surface area contributed by atoms with Crippen molar-refractivity contribution >= 4 is 51.2 Å². The Morgan fingerprint density at radius 2 is 1.34 bits per heavy atom. The number of carbonyl (C=O) groups is 5. The van der Waals surface area contributed by atoms with E-state index in [0.29, 0.717) is 17.7 Å². The molecule has 2 amide bonds. The Morgan fingerprint density at radius 1 is 0.737 bits per heavy atom. The average molecular weight is 578 g/mol. The Hall–Kier alpha value is -4.11. The van der Waals surface area contributed by atoms with Gasteiger partial charge in [-0.1, -0.05) is 47.8 Å². The van der Waals surface area contributed by atoms with Crippen LogP contribution in [0.2, 0.25) is 0 Å². The third-order valence-corrected chi connectivity index (χ3v) is 6.49. The van der Waals surface area contributed by atoms with Crippen LogP contribution in [0.5, 0.6) is 0 Å². The first-order valence-corrected chi connectivity index (χ1v) is 12.9. The molecule has 3 aromatic rings. The van der Waals surface area contributed by atoms with Gasteiger partial charge in [0.2, 0.25) is 0 Å². The Kier molecular flexibility index (Phi) is 8.48. The van der Waals surface area contributed by atoms with E-state index >= 15 is 0 Å². The number of nitrogens with zero attached hydrogens (tertiary/aromatic N) is 1. The quantitative estimate of drug-likeness (QED) is 0.133. The SMILES string of the molecule is CCCCCOC(=O)c1ccc(N2C(=O)c3ccc(C(=O)OCC(=O)c4ccc(Br)cc4)cc3C2=O)cc1. The molecule has 4 rings (SSSR count). The third kappa shape index (κ3) is 5.89. The lowest BCUT2D eigenvalue weighted by Crippen LogP contribution is -2.29. The minimum Gasteiger partial charge on any atom is -0.462 e. The summed E-state index contributed by atoms with van der Waals surface area (Å²) < 4.78 is 11.2. The molecule has 0 saturated heterocycles. The molecule has 0 radical (unpaired) electrons. The molecule has 0 N–H and O–H groups in total. The number of hydrogen-bond acceptors (Lipinski definition) is 7. The number of Topliss-reactive ketones (excluding diaryl/α,β-unsaturated/α-hetero) is 1. The van der Waals surface area contributed by atoms with Gasteiger partial charge in [-0.25, -0.2) is 14.5 Å². The smallest absolute Gasteiger partial charge is 0.338 e. The topological polar surface area (TPSA) is 107 Å². The summed E-state index contributed by atoms with van der Waals surface area (Å²) in [4.78, 5) is 64.1. The summed E-state index contributed by atoms with van der Waals surface area (Å²) in [7, 11) is 0. The minimum absolute atomic E-state index is 0.0384. The predicted octanol–water partition coefficient (Wildman–Crippen LogP) is 5.64. The molecule has 0 saturated carbocycles. The van der Waals surface area contributed by atoms with Crippen molar-refractivity contribution in [3.63, 3.8) is 0 Å². The third-order valence-electron chi connectivity index (χ3n) is 5.97. The number of amides is 2. The molecule has 1 aliphatic heterocycles. The van der Waals surface area contributed by atoms with Crippen LogP contribution in [-0.2, 0) is 9.47 Å². The number of anilines is 1. The van der Waals surface area contributed by atoms with E-state index in [0.717, 1.165) is 28.6 Å². The zero-order valence-corrected chi connectivity index (χ0v) is 22.2. The highest BCUT2D eigenvalue weighted by atomic mass is 79.9. The Balaban J connectivity index is 1.42. The first kappa shape index (κ1) is 26.9. The molecule has 38 heavy (non-hydrogen) atoms. The van der Waals surface area contributed by atoms with Crippen LogP contribution in [0.15, 0.2) is 71.2 Å². The summed E-state index contributed by atoms with van der Waals surface area (Å²) in [5.74, 6) is -2.81. The molecule has 0 aromatic heterocycles. The molecule has 0 fully saturated rings. The van der Waals surface area contributed by atoms with Crippen molar-refractivity contribution in [2.45, 2.75) is 26.2 Å². The van der Waals surface area contributed by atoms with Crippen LogP contribution in [0.25, 0.3) is 0 Å². The van der Waals surface area contributed by atoms with Crippen LogP contribution in [0.1, 0.15) is 78.0 Å². The molecular formula is C29H24BrNO7. The number of fused-ring (bicyclic) bond motifs is 1. The van der Waals surface area contributed by atoms with Crippen molar-refractivity contribution in [2.75, 3.05) is 18.1 Å². The molecule has 3 aromatic carbocycles. The molecule has 0 bridgehead atoms. The van der Waals surface area contributed by atoms with Crippen LogP contribution >= 0.6 is 15.9 Å². The van der Waals surface area contributed by atoms with E-state index in [9.17, 15) is 24.0 Å². The van der Waals surface area contributed by atoms with Crippen molar-refractivity contribution in [2.24, 2.45) is 0 Å². The van der Waals surface area contributed by atoms with E-state index in [4.69, 9.17) is 9.47 Å². The highest BCUT2D eigenvalue weighted by Gasteiger charge is 2.37. The van der Waals surface area contributed by atoms with Gasteiger partial charge in [0.25, 0.3) is 11.8 Å². The van der Waals surface area contributed by atoms with Crippen LogP contribution in [0.4, 0.5) is 5.69 Å². The molecule has 9 heteroatoms. The van der Waals surface area contributed by atoms with Crippen LogP contribution in [0, 0.1) is 0 Å². The second kappa shape index (κ2) is 12.0. The number of ether oxygens (including phenoxy) is 2. The lowest BCUT2D eigenvalue weighted by molar-refractivity contribution is 0.0473. The number of halogens is 1. The number of unbranched alkanes of at least 4 members (excludes halogenated alkanes) is 2. The summed E-state index contributed by atoms with van der Waals surface area (Å²) in [6, 6.07) is 16.6. The first-order valence-electron chi connectivity index (χ1n) is 12.1. The molecule has 8 nitrogen and oxygen atoms in total. The lowest BCUT2D eigenvalue weighted by atomic mass is 10.1. The van der Waals surface area contributed by atoms with Gasteiger partial charge in [-0.05, 0) is 61.0 Å². The maximum atomic E-state index is 13.1. The maximum absolute atomic E-state index is 13.1. The first-order chi connectivity index (χ1) is 18.3. The van der Waals surface area contributed by atoms with E-state index in [2.05, 4.69) is 22.9 Å². The van der Waals surface area contributed by atoms with E-state index in [1.165, 1.54) is 42.5 Å². The zero-order chi connectivity index (χ0) is 27.2. The summed E-state index contributed by atoms with van der Waals surface area (Å²) in [5.41, 5.74) is 1.20. The van der Waals surface area contributed by atoms with Gasteiger partial charge < -0.3 is 9.47 Å². The second-order valence-corrected chi connectivity index (χ2v) is 9.52. The van der Waals surface area contributed by atoms with Crippen LogP contribution < -0.4 is 4.90 Å². The molecule has 194 valence electrons. The van der Waals surface area contributed by atoms with Crippen LogP contribution in [-0.4, -0.2) is 42.7 Å². The fourth-order valence-electron chi connectivity index (χ4n) is 3.88. The number of benzene rings is 3. The number of hydrogen-bond donors (Lipinski definition) is 0. The number of ketones is 1. The highest BCUT2D eigenvalue weighted by Crippen LogP contribution is 2.29. The van der Waals surface area contributed by atoms with Gasteiger partial charge in [-0.15, -0.1) is 0 Å². The number of carbonyl (C=O) groups excluding carboxylic acids is 5. The Bertz CT molecular complexity index is 1400. The van der Waals surface area contributed by atoms with E-state index in [1.807, 2.05) is 0 Å². The Morgan fingerprint density at radius 3 is 2.03 bits per heavy atom. The van der Waals surface area contributed by atoms with E-state index < -0.39 is 30.4 Å². The summed E-state index contributed by atoms with van der Waals surface area (Å²) in [5, 5.41) is 0. The lowest BCUT2D eigenvalue weighted by Gasteiger charge is -2.14. The van der Waals surface area contributed by atoms with Gasteiger partial charge in [0.05, 0.1) is 34.5 Å². The normalized spacial score (nSPS) is 12.3. The number of imide groups is 1. The second-order valence-electron chi connectivity index (χ2n) is 8.60. The zero-order valence-electron chi connectivity index (χ0n) is 20.6. The van der Waals surface area contributed by atoms with Crippen molar-refractivity contribution in [1.29, 1.82) is 0 Å². The standard InChI is InChI=1S/C29H24BrNO7/c1-2-3-4-15-37-28(35)19-7-12-22(13-8-19)31-26(33)23-14-9-20(16-24(23)27(31)34)29(36)38-17-25(32)18-5-10-21(30)11-6-18/h5-14,16H,2-4,15,17H2,1H3. The van der Waals surface area contributed by atoms with Crippen molar-refractivity contribution in [3.8, 4) is 0 Å².